The van der Waals surface area contributed by atoms with E-state index in [-0.39, 0.29) is 24.3 Å². The zero-order chi connectivity index (χ0) is 15.4. The third kappa shape index (κ3) is 2.85. The van der Waals surface area contributed by atoms with Gasteiger partial charge in [0, 0.05) is 6.92 Å². The largest absolute Gasteiger partial charge is 0.455 e. The molecule has 0 bridgehead atoms. The summed E-state index contributed by atoms with van der Waals surface area (Å²) < 4.78 is 29.1. The molecule has 0 aromatic heterocycles. The van der Waals surface area contributed by atoms with Gasteiger partial charge in [-0.2, -0.15) is 0 Å². The fourth-order valence-electron chi connectivity index (χ4n) is 3.17. The lowest BCUT2D eigenvalue weighted by atomic mass is 10.0. The van der Waals surface area contributed by atoms with E-state index < -0.39 is 23.8 Å². The highest BCUT2D eigenvalue weighted by atomic mass is 16.8. The molecule has 0 unspecified atom stereocenters. The average Bonchev–Trinajstić information content (AvgIpc) is 2.77. The fourth-order valence-corrected chi connectivity index (χ4v) is 3.17. The third-order valence-corrected chi connectivity index (χ3v) is 3.77. The molecule has 6 heteroatoms. The van der Waals surface area contributed by atoms with Gasteiger partial charge in [-0.25, -0.2) is 0 Å². The van der Waals surface area contributed by atoms with Crippen molar-refractivity contribution in [2.45, 2.75) is 76.7 Å². The zero-order valence-corrected chi connectivity index (χ0v) is 13.0. The molecular formula is C15H22O6. The summed E-state index contributed by atoms with van der Waals surface area (Å²) in [4.78, 5) is 11.3. The molecule has 5 atom stereocenters. The van der Waals surface area contributed by atoms with Crippen LogP contribution in [-0.2, 0) is 28.5 Å². The molecule has 2 saturated heterocycles. The van der Waals surface area contributed by atoms with E-state index in [0.717, 1.165) is 0 Å². The van der Waals surface area contributed by atoms with Gasteiger partial charge in [-0.3, -0.25) is 4.79 Å². The first-order valence-electron chi connectivity index (χ1n) is 7.24. The monoisotopic (exact) mass is 298 g/mol. The Balaban J connectivity index is 1.91. The van der Waals surface area contributed by atoms with Crippen molar-refractivity contribution in [2.75, 3.05) is 0 Å². The number of ether oxygens (including phenoxy) is 5. The van der Waals surface area contributed by atoms with E-state index in [0.29, 0.717) is 0 Å². The molecule has 0 saturated carbocycles. The molecule has 0 radical (unpaired) electrons. The first kappa shape index (κ1) is 15.0. The van der Waals surface area contributed by atoms with Crippen LogP contribution in [-0.4, -0.2) is 48.1 Å². The topological polar surface area (TPSA) is 63.2 Å². The second-order valence-corrected chi connectivity index (χ2v) is 6.59. The van der Waals surface area contributed by atoms with Crippen LogP contribution in [0.1, 0.15) is 34.6 Å². The standard InChI is InChI=1S/C15H22O6/c1-8(16)17-9-6-7-10-12(20-14(2,3)18-10)13-11(9)19-15(4,5)21-13/h6-7,9-13H,1-5H3/t9-,10+,11-,12-,13-/m1/s1. The Hall–Kier alpha value is -0.950. The van der Waals surface area contributed by atoms with Crippen LogP contribution in [0, 0.1) is 0 Å². The van der Waals surface area contributed by atoms with E-state index in [9.17, 15) is 4.79 Å². The van der Waals surface area contributed by atoms with Crippen molar-refractivity contribution >= 4 is 5.97 Å². The van der Waals surface area contributed by atoms with Crippen LogP contribution in [0.15, 0.2) is 12.2 Å². The van der Waals surface area contributed by atoms with Gasteiger partial charge in [0.05, 0.1) is 0 Å². The number of hydrogen-bond acceptors (Lipinski definition) is 6. The molecule has 2 aliphatic heterocycles. The van der Waals surface area contributed by atoms with Crippen LogP contribution >= 0.6 is 0 Å². The molecule has 0 amide bonds. The van der Waals surface area contributed by atoms with Crippen LogP contribution < -0.4 is 0 Å². The van der Waals surface area contributed by atoms with Gasteiger partial charge in [-0.1, -0.05) is 6.08 Å². The summed E-state index contributed by atoms with van der Waals surface area (Å²) in [7, 11) is 0. The lowest BCUT2D eigenvalue weighted by Gasteiger charge is -2.26. The Bertz CT molecular complexity index is 469. The first-order valence-corrected chi connectivity index (χ1v) is 7.24. The van der Waals surface area contributed by atoms with Crippen LogP contribution in [0.4, 0.5) is 0 Å². The second-order valence-electron chi connectivity index (χ2n) is 6.59. The summed E-state index contributed by atoms with van der Waals surface area (Å²) in [5.74, 6) is -1.78. The van der Waals surface area contributed by atoms with E-state index >= 15 is 0 Å². The minimum Gasteiger partial charge on any atom is -0.455 e. The molecule has 2 heterocycles. The fraction of sp³-hybridized carbons (Fsp3) is 0.800. The molecule has 1 aliphatic carbocycles. The van der Waals surface area contributed by atoms with Crippen LogP contribution in [0.25, 0.3) is 0 Å². The van der Waals surface area contributed by atoms with Crippen LogP contribution in [0.5, 0.6) is 0 Å². The normalized spacial score (nSPS) is 43.0. The van der Waals surface area contributed by atoms with E-state index in [1.165, 1.54) is 6.92 Å². The minimum absolute atomic E-state index is 0.245. The van der Waals surface area contributed by atoms with Crippen molar-refractivity contribution in [3.63, 3.8) is 0 Å². The van der Waals surface area contributed by atoms with E-state index in [1.807, 2.05) is 33.8 Å². The molecule has 118 valence electrons. The number of fused-ring (bicyclic) bond motifs is 3. The number of rotatable bonds is 1. The van der Waals surface area contributed by atoms with Crippen LogP contribution in [0.3, 0.4) is 0 Å². The van der Waals surface area contributed by atoms with E-state index in [4.69, 9.17) is 23.7 Å². The molecular weight excluding hydrogens is 276 g/mol. The summed E-state index contributed by atoms with van der Waals surface area (Å²) in [6.45, 7) is 8.80. The van der Waals surface area contributed by atoms with Gasteiger partial charge in [-0.15, -0.1) is 0 Å². The minimum atomic E-state index is -0.750. The number of carbonyl (C=O) groups is 1. The van der Waals surface area contributed by atoms with Crippen molar-refractivity contribution in [3.05, 3.63) is 12.2 Å². The zero-order valence-electron chi connectivity index (χ0n) is 13.0. The van der Waals surface area contributed by atoms with Crippen molar-refractivity contribution in [3.8, 4) is 0 Å². The van der Waals surface area contributed by atoms with Crippen molar-refractivity contribution in [1.29, 1.82) is 0 Å². The summed E-state index contributed by atoms with van der Waals surface area (Å²) in [5, 5.41) is 0. The predicted octanol–water partition coefficient (Wildman–Crippen LogP) is 1.53. The Morgan fingerprint density at radius 1 is 0.905 bits per heavy atom. The van der Waals surface area contributed by atoms with Gasteiger partial charge < -0.3 is 23.7 Å². The van der Waals surface area contributed by atoms with Gasteiger partial charge in [0.25, 0.3) is 0 Å². The van der Waals surface area contributed by atoms with Gasteiger partial charge in [0.1, 0.15) is 30.5 Å². The highest BCUT2D eigenvalue weighted by molar-refractivity contribution is 5.66. The van der Waals surface area contributed by atoms with E-state index in [1.54, 1.807) is 6.08 Å². The summed E-state index contributed by atoms with van der Waals surface area (Å²) in [5.41, 5.74) is 0. The van der Waals surface area contributed by atoms with Crippen molar-refractivity contribution in [2.24, 2.45) is 0 Å². The van der Waals surface area contributed by atoms with Crippen LogP contribution in [0.2, 0.25) is 0 Å². The lowest BCUT2D eigenvalue weighted by molar-refractivity contribution is -0.175. The molecule has 0 aromatic carbocycles. The molecule has 3 rings (SSSR count). The smallest absolute Gasteiger partial charge is 0.303 e. The van der Waals surface area contributed by atoms with E-state index in [2.05, 4.69) is 0 Å². The van der Waals surface area contributed by atoms with Gasteiger partial charge in [-0.05, 0) is 33.8 Å². The second kappa shape index (κ2) is 4.78. The van der Waals surface area contributed by atoms with Crippen molar-refractivity contribution < 1.29 is 28.5 Å². The molecule has 0 N–H and O–H groups in total. The maximum Gasteiger partial charge on any atom is 0.303 e. The Morgan fingerprint density at radius 3 is 2.14 bits per heavy atom. The molecule has 2 fully saturated rings. The number of hydrogen-bond donors (Lipinski definition) is 0. The van der Waals surface area contributed by atoms with Gasteiger partial charge >= 0.3 is 5.97 Å². The summed E-state index contributed by atoms with van der Waals surface area (Å²) in [6.07, 6.45) is 1.87. The first-order chi connectivity index (χ1) is 9.67. The molecule has 21 heavy (non-hydrogen) atoms. The van der Waals surface area contributed by atoms with Gasteiger partial charge in [0.15, 0.2) is 11.6 Å². The Kier molecular flexibility index (Phi) is 3.40. The average molecular weight is 298 g/mol. The predicted molar refractivity (Wildman–Crippen MR) is 72.3 cm³/mol. The highest BCUT2D eigenvalue weighted by Crippen LogP contribution is 2.42. The molecule has 6 nitrogen and oxygen atoms in total. The quantitative estimate of drug-likeness (QED) is 0.540. The molecule has 0 spiro atoms. The highest BCUT2D eigenvalue weighted by Gasteiger charge is 2.56. The Labute approximate surface area is 124 Å². The number of carbonyl (C=O) groups excluding carboxylic acids is 1. The maximum absolute atomic E-state index is 11.3. The van der Waals surface area contributed by atoms with Gasteiger partial charge in [0.2, 0.25) is 0 Å². The Morgan fingerprint density at radius 2 is 1.48 bits per heavy atom. The SMILES string of the molecule is CC(=O)O[C@@H]1C=C[C@@H]2OC(C)(C)O[C@H]2[C@@H]2OC(C)(C)O[C@@H]21. The maximum atomic E-state index is 11.3. The summed E-state index contributed by atoms with van der Waals surface area (Å²) in [6, 6.07) is 0. The lowest BCUT2D eigenvalue weighted by Crippen LogP contribution is -2.44. The molecule has 3 aliphatic rings. The summed E-state index contributed by atoms with van der Waals surface area (Å²) >= 11 is 0. The third-order valence-electron chi connectivity index (χ3n) is 3.77. The molecule has 0 aromatic rings. The number of esters is 1. The van der Waals surface area contributed by atoms with Crippen molar-refractivity contribution in [1.82, 2.24) is 0 Å².